The van der Waals surface area contributed by atoms with Crippen molar-refractivity contribution < 1.29 is 17.7 Å². The standard InChI is InChI=1S/C23H27ClN4O4S/c1-16-8-5-11-20(17(16)2)28(33(4,30)31)13-7-12-22(29)27(3)15-21-25-23(26-32-21)18-9-6-10-19(24)14-18/h5-6,8-11,14H,7,12-13,15H2,1-4H3. The number of rotatable bonds is 9. The molecule has 0 unspecified atom stereocenters. The fourth-order valence-electron chi connectivity index (χ4n) is 3.39. The summed E-state index contributed by atoms with van der Waals surface area (Å²) in [5.74, 6) is 0.548. The highest BCUT2D eigenvalue weighted by atomic mass is 35.5. The molecule has 3 rings (SSSR count). The third-order valence-corrected chi connectivity index (χ3v) is 6.76. The first-order chi connectivity index (χ1) is 15.6. The number of anilines is 1. The lowest BCUT2D eigenvalue weighted by Gasteiger charge is -2.25. The van der Waals surface area contributed by atoms with Gasteiger partial charge in [-0.3, -0.25) is 9.10 Å². The molecule has 3 aromatic rings. The Labute approximate surface area is 199 Å². The Hall–Kier alpha value is -2.91. The zero-order valence-electron chi connectivity index (χ0n) is 19.1. The lowest BCUT2D eigenvalue weighted by Crippen LogP contribution is -2.33. The summed E-state index contributed by atoms with van der Waals surface area (Å²) in [6.45, 7) is 4.19. The molecule has 0 atom stereocenters. The highest BCUT2D eigenvalue weighted by Crippen LogP contribution is 2.25. The van der Waals surface area contributed by atoms with Crippen LogP contribution in [0, 0.1) is 13.8 Å². The number of sulfonamides is 1. The highest BCUT2D eigenvalue weighted by molar-refractivity contribution is 7.92. The van der Waals surface area contributed by atoms with Gasteiger partial charge in [0.2, 0.25) is 27.6 Å². The maximum absolute atomic E-state index is 12.6. The number of halogens is 1. The van der Waals surface area contributed by atoms with Crippen LogP contribution in [0.2, 0.25) is 5.02 Å². The minimum absolute atomic E-state index is 0.146. The zero-order chi connectivity index (χ0) is 24.2. The van der Waals surface area contributed by atoms with Gasteiger partial charge in [-0.15, -0.1) is 0 Å². The van der Waals surface area contributed by atoms with Gasteiger partial charge in [-0.25, -0.2) is 8.42 Å². The predicted molar refractivity (Wildman–Crippen MR) is 129 cm³/mol. The highest BCUT2D eigenvalue weighted by Gasteiger charge is 2.21. The monoisotopic (exact) mass is 490 g/mol. The maximum atomic E-state index is 12.6. The van der Waals surface area contributed by atoms with E-state index in [1.54, 1.807) is 31.3 Å². The van der Waals surface area contributed by atoms with E-state index in [0.717, 1.165) is 16.7 Å². The lowest BCUT2D eigenvalue weighted by atomic mass is 10.1. The van der Waals surface area contributed by atoms with Crippen molar-refractivity contribution in [1.82, 2.24) is 15.0 Å². The summed E-state index contributed by atoms with van der Waals surface area (Å²) in [6, 6.07) is 12.6. The third kappa shape index (κ3) is 6.33. The number of carbonyl (C=O) groups is 1. The summed E-state index contributed by atoms with van der Waals surface area (Å²) in [6.07, 6.45) is 1.74. The largest absolute Gasteiger partial charge is 0.337 e. The van der Waals surface area contributed by atoms with Crippen LogP contribution < -0.4 is 4.31 Å². The first-order valence-corrected chi connectivity index (χ1v) is 12.7. The van der Waals surface area contributed by atoms with Gasteiger partial charge in [-0.2, -0.15) is 4.98 Å². The van der Waals surface area contributed by atoms with Crippen molar-refractivity contribution in [3.8, 4) is 11.4 Å². The molecule has 1 aromatic heterocycles. The maximum Gasteiger partial charge on any atom is 0.246 e. The van der Waals surface area contributed by atoms with Crippen LogP contribution in [0.4, 0.5) is 5.69 Å². The molecule has 0 saturated carbocycles. The molecular weight excluding hydrogens is 464 g/mol. The summed E-state index contributed by atoms with van der Waals surface area (Å²) in [5, 5.41) is 4.51. The zero-order valence-corrected chi connectivity index (χ0v) is 20.7. The van der Waals surface area contributed by atoms with Crippen LogP contribution in [-0.2, 0) is 21.4 Å². The van der Waals surface area contributed by atoms with Crippen LogP contribution in [0.5, 0.6) is 0 Å². The van der Waals surface area contributed by atoms with Gasteiger partial charge in [-0.1, -0.05) is 41.0 Å². The molecule has 0 aliphatic carbocycles. The van der Waals surface area contributed by atoms with E-state index in [0.29, 0.717) is 28.8 Å². The van der Waals surface area contributed by atoms with Crippen molar-refractivity contribution >= 4 is 33.2 Å². The summed E-state index contributed by atoms with van der Waals surface area (Å²) < 4.78 is 31.4. The quantitative estimate of drug-likeness (QED) is 0.445. The number of benzene rings is 2. The molecule has 0 N–H and O–H groups in total. The topological polar surface area (TPSA) is 96.6 Å². The molecule has 0 bridgehead atoms. The fraction of sp³-hybridized carbons (Fsp3) is 0.348. The lowest BCUT2D eigenvalue weighted by molar-refractivity contribution is -0.130. The van der Waals surface area contributed by atoms with E-state index in [1.165, 1.54) is 15.5 Å². The minimum atomic E-state index is -3.48. The number of carbonyl (C=O) groups excluding carboxylic acids is 1. The Bertz CT molecular complexity index is 1240. The van der Waals surface area contributed by atoms with Gasteiger partial charge in [0.1, 0.15) is 0 Å². The number of aryl methyl sites for hydroxylation is 1. The van der Waals surface area contributed by atoms with Crippen molar-refractivity contribution in [2.45, 2.75) is 33.2 Å². The normalized spacial score (nSPS) is 11.4. The first kappa shape index (κ1) is 24.7. The minimum Gasteiger partial charge on any atom is -0.337 e. The SMILES string of the molecule is Cc1cccc(N(CCCC(=O)N(C)Cc2nc(-c3cccc(Cl)c3)no2)S(C)(=O)=O)c1C. The van der Waals surface area contributed by atoms with Gasteiger partial charge in [0, 0.05) is 30.6 Å². The Morgan fingerprint density at radius 2 is 1.88 bits per heavy atom. The van der Waals surface area contributed by atoms with E-state index in [9.17, 15) is 13.2 Å². The van der Waals surface area contributed by atoms with E-state index in [2.05, 4.69) is 10.1 Å². The van der Waals surface area contributed by atoms with E-state index in [4.69, 9.17) is 16.1 Å². The summed E-state index contributed by atoms with van der Waals surface area (Å²) >= 11 is 6.00. The average Bonchev–Trinajstić information content (AvgIpc) is 3.21. The average molecular weight is 491 g/mol. The smallest absolute Gasteiger partial charge is 0.246 e. The molecule has 0 fully saturated rings. The van der Waals surface area contributed by atoms with Crippen molar-refractivity contribution in [3.05, 3.63) is 64.5 Å². The molecule has 0 spiro atoms. The molecule has 0 saturated heterocycles. The molecular formula is C23H27ClN4O4S. The van der Waals surface area contributed by atoms with Crippen LogP contribution in [-0.4, -0.2) is 49.2 Å². The van der Waals surface area contributed by atoms with Crippen LogP contribution in [0.3, 0.4) is 0 Å². The number of nitrogens with zero attached hydrogens (tertiary/aromatic N) is 4. The van der Waals surface area contributed by atoms with Gasteiger partial charge in [-0.05, 0) is 49.6 Å². The van der Waals surface area contributed by atoms with Gasteiger partial charge >= 0.3 is 0 Å². The number of hydrogen-bond acceptors (Lipinski definition) is 6. The molecule has 0 aliphatic heterocycles. The summed E-state index contributed by atoms with van der Waals surface area (Å²) in [4.78, 5) is 18.4. The van der Waals surface area contributed by atoms with Crippen molar-refractivity contribution in [2.75, 3.05) is 24.2 Å². The van der Waals surface area contributed by atoms with Crippen LogP contribution >= 0.6 is 11.6 Å². The van der Waals surface area contributed by atoms with Crippen molar-refractivity contribution in [3.63, 3.8) is 0 Å². The molecule has 0 aliphatic rings. The number of aromatic nitrogens is 2. The molecule has 176 valence electrons. The second kappa shape index (κ2) is 10.4. The molecule has 1 amide bonds. The van der Waals surface area contributed by atoms with E-state index in [-0.39, 0.29) is 25.4 Å². The Balaban J connectivity index is 1.59. The van der Waals surface area contributed by atoms with Gasteiger partial charge in [0.05, 0.1) is 18.5 Å². The van der Waals surface area contributed by atoms with E-state index >= 15 is 0 Å². The van der Waals surface area contributed by atoms with Gasteiger partial charge in [0.15, 0.2) is 0 Å². The Kier molecular flexibility index (Phi) is 7.76. The van der Waals surface area contributed by atoms with E-state index < -0.39 is 10.0 Å². The molecule has 0 radical (unpaired) electrons. The number of hydrogen-bond donors (Lipinski definition) is 0. The Morgan fingerprint density at radius 3 is 2.58 bits per heavy atom. The summed E-state index contributed by atoms with van der Waals surface area (Å²) in [7, 11) is -1.84. The Morgan fingerprint density at radius 1 is 1.15 bits per heavy atom. The van der Waals surface area contributed by atoms with E-state index in [1.807, 2.05) is 32.0 Å². The molecule has 33 heavy (non-hydrogen) atoms. The van der Waals surface area contributed by atoms with Gasteiger partial charge < -0.3 is 9.42 Å². The van der Waals surface area contributed by atoms with Crippen LogP contribution in [0.25, 0.3) is 11.4 Å². The second-order valence-corrected chi connectivity index (χ2v) is 10.3. The first-order valence-electron chi connectivity index (χ1n) is 10.4. The third-order valence-electron chi connectivity index (χ3n) is 5.35. The van der Waals surface area contributed by atoms with Crippen LogP contribution in [0.15, 0.2) is 47.0 Å². The number of amides is 1. The second-order valence-electron chi connectivity index (χ2n) is 7.93. The summed E-state index contributed by atoms with van der Waals surface area (Å²) in [5.41, 5.74) is 3.27. The van der Waals surface area contributed by atoms with Crippen molar-refractivity contribution in [1.29, 1.82) is 0 Å². The predicted octanol–water partition coefficient (Wildman–Crippen LogP) is 4.21. The molecule has 1 heterocycles. The van der Waals surface area contributed by atoms with Crippen molar-refractivity contribution in [2.24, 2.45) is 0 Å². The fourth-order valence-corrected chi connectivity index (χ4v) is 4.60. The van der Waals surface area contributed by atoms with Crippen LogP contribution in [0.1, 0.15) is 29.9 Å². The molecule has 10 heteroatoms. The van der Waals surface area contributed by atoms with Gasteiger partial charge in [0.25, 0.3) is 0 Å². The molecule has 2 aromatic carbocycles. The molecule has 8 nitrogen and oxygen atoms in total.